The van der Waals surface area contributed by atoms with Crippen molar-refractivity contribution in [2.24, 2.45) is 5.92 Å². The first-order valence-electron chi connectivity index (χ1n) is 5.50. The highest BCUT2D eigenvalue weighted by Gasteiger charge is 2.16. The summed E-state index contributed by atoms with van der Waals surface area (Å²) in [5.74, 6) is 0.297. The van der Waals surface area contributed by atoms with Gasteiger partial charge in [-0.25, -0.2) is 12.8 Å². The van der Waals surface area contributed by atoms with Crippen LogP contribution in [0.4, 0.5) is 4.39 Å². The zero-order valence-corrected chi connectivity index (χ0v) is 11.3. The monoisotopic (exact) mass is 278 g/mol. The lowest BCUT2D eigenvalue weighted by molar-refractivity contribution is 0.533. The Bertz CT molecular complexity index is 459. The normalized spacial score (nSPS) is 13.6. The van der Waals surface area contributed by atoms with Gasteiger partial charge in [-0.05, 0) is 37.0 Å². The Labute approximate surface area is 107 Å². The molecule has 0 spiro atoms. The molecule has 0 N–H and O–H groups in total. The van der Waals surface area contributed by atoms with E-state index in [0.29, 0.717) is 12.3 Å². The third-order valence-corrected chi connectivity index (χ3v) is 4.60. The van der Waals surface area contributed by atoms with Gasteiger partial charge in [-0.15, -0.1) is 11.6 Å². The lowest BCUT2D eigenvalue weighted by Gasteiger charge is -2.09. The van der Waals surface area contributed by atoms with E-state index < -0.39 is 15.7 Å². The highest BCUT2D eigenvalue weighted by molar-refractivity contribution is 7.91. The summed E-state index contributed by atoms with van der Waals surface area (Å²) in [6.07, 6.45) is 1.34. The Morgan fingerprint density at radius 2 is 2.06 bits per heavy atom. The minimum Gasteiger partial charge on any atom is -0.224 e. The van der Waals surface area contributed by atoms with Crippen molar-refractivity contribution in [2.75, 3.05) is 11.6 Å². The molecule has 5 heteroatoms. The Morgan fingerprint density at radius 3 is 2.65 bits per heavy atom. The van der Waals surface area contributed by atoms with Gasteiger partial charge in [-0.1, -0.05) is 13.0 Å². The van der Waals surface area contributed by atoms with Crippen molar-refractivity contribution in [3.05, 3.63) is 30.1 Å². The molecule has 1 rings (SSSR count). The van der Waals surface area contributed by atoms with E-state index in [4.69, 9.17) is 11.6 Å². The van der Waals surface area contributed by atoms with Crippen LogP contribution < -0.4 is 0 Å². The summed E-state index contributed by atoms with van der Waals surface area (Å²) in [5.41, 5.74) is 0. The first kappa shape index (κ1) is 14.5. The van der Waals surface area contributed by atoms with Crippen molar-refractivity contribution in [3.8, 4) is 0 Å². The van der Waals surface area contributed by atoms with E-state index in [1.165, 1.54) is 18.2 Å². The summed E-state index contributed by atoms with van der Waals surface area (Å²) in [4.78, 5) is 0.0515. The molecule has 1 atom stereocenters. The first-order valence-corrected chi connectivity index (χ1v) is 7.68. The van der Waals surface area contributed by atoms with E-state index in [1.54, 1.807) is 0 Å². The van der Waals surface area contributed by atoms with Gasteiger partial charge in [0.05, 0.1) is 10.6 Å². The van der Waals surface area contributed by atoms with E-state index in [0.717, 1.165) is 12.5 Å². The molecule has 0 aromatic heterocycles. The molecule has 0 fully saturated rings. The Kier molecular flexibility index (Phi) is 5.40. The summed E-state index contributed by atoms with van der Waals surface area (Å²) in [7, 11) is -3.38. The van der Waals surface area contributed by atoms with Gasteiger partial charge in [-0.3, -0.25) is 0 Å². The average molecular weight is 279 g/mol. The second-order valence-electron chi connectivity index (χ2n) is 4.15. The predicted molar refractivity (Wildman–Crippen MR) is 67.6 cm³/mol. The molecule has 0 saturated carbocycles. The standard InChI is InChI=1S/C12H16ClFO2S/c1-10(5-7-13)6-8-17(15,16)12-4-2-3-11(14)9-12/h2-4,9-10H,5-8H2,1H3. The summed E-state index contributed by atoms with van der Waals surface area (Å²) in [5, 5.41) is 0. The number of halogens is 2. The second kappa shape index (κ2) is 6.36. The van der Waals surface area contributed by atoms with E-state index >= 15 is 0 Å². The van der Waals surface area contributed by atoms with Gasteiger partial charge >= 0.3 is 0 Å². The van der Waals surface area contributed by atoms with Crippen LogP contribution in [-0.4, -0.2) is 20.1 Å². The summed E-state index contributed by atoms with van der Waals surface area (Å²) >= 11 is 5.59. The van der Waals surface area contributed by atoms with Crippen molar-refractivity contribution in [3.63, 3.8) is 0 Å². The van der Waals surface area contributed by atoms with Crippen LogP contribution in [0.3, 0.4) is 0 Å². The maximum atomic E-state index is 12.9. The molecular formula is C12H16ClFO2S. The topological polar surface area (TPSA) is 34.1 Å². The first-order chi connectivity index (χ1) is 7.95. The molecular weight excluding hydrogens is 263 g/mol. The number of hydrogen-bond donors (Lipinski definition) is 0. The molecule has 1 aromatic rings. The molecule has 0 bridgehead atoms. The van der Waals surface area contributed by atoms with Gasteiger partial charge < -0.3 is 0 Å². The smallest absolute Gasteiger partial charge is 0.178 e. The molecule has 17 heavy (non-hydrogen) atoms. The Morgan fingerprint density at radius 1 is 1.35 bits per heavy atom. The van der Waals surface area contributed by atoms with Crippen molar-refractivity contribution in [1.82, 2.24) is 0 Å². The van der Waals surface area contributed by atoms with E-state index in [2.05, 4.69) is 0 Å². The lowest BCUT2D eigenvalue weighted by Crippen LogP contribution is -2.10. The highest BCUT2D eigenvalue weighted by atomic mass is 35.5. The average Bonchev–Trinajstić information content (AvgIpc) is 2.27. The van der Waals surface area contributed by atoms with Crippen LogP contribution in [0.2, 0.25) is 0 Å². The zero-order chi connectivity index (χ0) is 12.9. The fourth-order valence-corrected chi connectivity index (χ4v) is 3.36. The third-order valence-electron chi connectivity index (χ3n) is 2.64. The number of hydrogen-bond acceptors (Lipinski definition) is 2. The lowest BCUT2D eigenvalue weighted by atomic mass is 10.1. The fraction of sp³-hybridized carbons (Fsp3) is 0.500. The van der Waals surface area contributed by atoms with Crippen LogP contribution >= 0.6 is 11.6 Å². The third kappa shape index (κ3) is 4.64. The number of alkyl halides is 1. The van der Waals surface area contributed by atoms with Crippen LogP contribution in [-0.2, 0) is 9.84 Å². The van der Waals surface area contributed by atoms with Gasteiger partial charge in [-0.2, -0.15) is 0 Å². The van der Waals surface area contributed by atoms with Crippen molar-refractivity contribution in [1.29, 1.82) is 0 Å². The van der Waals surface area contributed by atoms with E-state index in [9.17, 15) is 12.8 Å². The number of sulfone groups is 1. The molecule has 0 aliphatic heterocycles. The molecule has 0 heterocycles. The van der Waals surface area contributed by atoms with Crippen LogP contribution in [0.5, 0.6) is 0 Å². The van der Waals surface area contributed by atoms with Gasteiger partial charge in [0, 0.05) is 5.88 Å². The molecule has 96 valence electrons. The molecule has 0 radical (unpaired) electrons. The molecule has 0 aliphatic carbocycles. The molecule has 1 unspecified atom stereocenters. The van der Waals surface area contributed by atoms with Crippen molar-refractivity contribution >= 4 is 21.4 Å². The van der Waals surface area contributed by atoms with Gasteiger partial charge in [0.25, 0.3) is 0 Å². The maximum Gasteiger partial charge on any atom is 0.178 e. The summed E-state index contributed by atoms with van der Waals surface area (Å²) < 4.78 is 36.7. The Balaban J connectivity index is 2.69. The quantitative estimate of drug-likeness (QED) is 0.749. The highest BCUT2D eigenvalue weighted by Crippen LogP contribution is 2.17. The predicted octanol–water partition coefficient (Wildman–Crippen LogP) is 3.25. The Hall–Kier alpha value is -0.610. The summed E-state index contributed by atoms with van der Waals surface area (Å²) in [6.45, 7) is 1.96. The molecule has 1 aromatic carbocycles. The molecule has 2 nitrogen and oxygen atoms in total. The minimum atomic E-state index is -3.38. The van der Waals surface area contributed by atoms with E-state index in [-0.39, 0.29) is 16.6 Å². The maximum absolute atomic E-state index is 12.9. The zero-order valence-electron chi connectivity index (χ0n) is 9.70. The molecule has 0 amide bonds. The largest absolute Gasteiger partial charge is 0.224 e. The van der Waals surface area contributed by atoms with Gasteiger partial charge in [0.2, 0.25) is 0 Å². The van der Waals surface area contributed by atoms with Crippen LogP contribution in [0.15, 0.2) is 29.2 Å². The van der Waals surface area contributed by atoms with Gasteiger partial charge in [0.15, 0.2) is 9.84 Å². The SMILES string of the molecule is CC(CCCl)CCS(=O)(=O)c1cccc(F)c1. The minimum absolute atomic E-state index is 0.0362. The van der Waals surface area contributed by atoms with E-state index in [1.807, 2.05) is 6.92 Å². The van der Waals surface area contributed by atoms with Crippen LogP contribution in [0, 0.1) is 11.7 Å². The van der Waals surface area contributed by atoms with Crippen molar-refractivity contribution < 1.29 is 12.8 Å². The summed E-state index contributed by atoms with van der Waals surface area (Å²) in [6, 6.07) is 5.12. The fourth-order valence-electron chi connectivity index (χ4n) is 1.47. The van der Waals surface area contributed by atoms with Gasteiger partial charge in [0.1, 0.15) is 5.82 Å². The molecule has 0 aliphatic rings. The van der Waals surface area contributed by atoms with Crippen LogP contribution in [0.1, 0.15) is 19.8 Å². The number of benzene rings is 1. The van der Waals surface area contributed by atoms with Crippen LogP contribution in [0.25, 0.3) is 0 Å². The second-order valence-corrected chi connectivity index (χ2v) is 6.63. The molecule has 0 saturated heterocycles. The van der Waals surface area contributed by atoms with Crippen molar-refractivity contribution in [2.45, 2.75) is 24.7 Å². The number of rotatable bonds is 6.